The molecule has 0 N–H and O–H groups in total. The van der Waals surface area contributed by atoms with Gasteiger partial charge in [-0.25, -0.2) is 8.42 Å². The SMILES string of the molecule is COCCN(C(=O)C(=O)N1c2ccccc2CC1C)C1CCS(=O)(=O)C1. The summed E-state index contributed by atoms with van der Waals surface area (Å²) in [6.45, 7) is 2.36. The molecule has 2 unspecified atom stereocenters. The molecule has 1 saturated heterocycles. The Hall–Kier alpha value is -1.93. The van der Waals surface area contributed by atoms with E-state index < -0.39 is 27.7 Å². The summed E-state index contributed by atoms with van der Waals surface area (Å²) in [5.41, 5.74) is 1.79. The highest BCUT2D eigenvalue weighted by Crippen LogP contribution is 2.32. The fourth-order valence-corrected chi connectivity index (χ4v) is 5.49. The molecular formula is C18H24N2O5S. The van der Waals surface area contributed by atoms with E-state index in [-0.39, 0.29) is 30.7 Å². The van der Waals surface area contributed by atoms with Crippen LogP contribution in [0.5, 0.6) is 0 Å². The molecule has 2 atom stereocenters. The summed E-state index contributed by atoms with van der Waals surface area (Å²) >= 11 is 0. The molecule has 8 heteroatoms. The largest absolute Gasteiger partial charge is 0.383 e. The number of sulfone groups is 1. The van der Waals surface area contributed by atoms with Crippen LogP contribution in [0.2, 0.25) is 0 Å². The Balaban J connectivity index is 1.83. The van der Waals surface area contributed by atoms with E-state index in [1.165, 1.54) is 16.9 Å². The van der Waals surface area contributed by atoms with Crippen LogP contribution in [0.4, 0.5) is 5.69 Å². The highest BCUT2D eigenvalue weighted by Gasteiger charge is 2.40. The molecule has 26 heavy (non-hydrogen) atoms. The molecule has 2 amide bonds. The van der Waals surface area contributed by atoms with Crippen LogP contribution < -0.4 is 4.90 Å². The molecule has 0 aliphatic carbocycles. The number of hydrogen-bond donors (Lipinski definition) is 0. The Morgan fingerprint density at radius 2 is 2.04 bits per heavy atom. The summed E-state index contributed by atoms with van der Waals surface area (Å²) in [5.74, 6) is -1.32. The van der Waals surface area contributed by atoms with E-state index in [4.69, 9.17) is 4.74 Å². The zero-order valence-corrected chi connectivity index (χ0v) is 15.9. The topological polar surface area (TPSA) is 84.0 Å². The van der Waals surface area contributed by atoms with Crippen LogP contribution in [0.3, 0.4) is 0 Å². The number of amides is 2. The maximum atomic E-state index is 13.0. The lowest BCUT2D eigenvalue weighted by Crippen LogP contribution is -2.52. The molecule has 2 heterocycles. The van der Waals surface area contributed by atoms with Gasteiger partial charge < -0.3 is 14.5 Å². The standard InChI is InChI=1S/C18H24N2O5S/c1-13-11-14-5-3-4-6-16(14)20(13)18(22)17(21)19(8-9-25-2)15-7-10-26(23,24)12-15/h3-6,13,15H,7-12H2,1-2H3. The molecular weight excluding hydrogens is 356 g/mol. The third kappa shape index (κ3) is 3.61. The van der Waals surface area contributed by atoms with E-state index in [1.54, 1.807) is 0 Å². The van der Waals surface area contributed by atoms with Crippen molar-refractivity contribution in [2.45, 2.75) is 31.8 Å². The number of benzene rings is 1. The Kier molecular flexibility index (Phi) is 5.34. The molecule has 0 saturated carbocycles. The zero-order chi connectivity index (χ0) is 18.9. The fraction of sp³-hybridized carbons (Fsp3) is 0.556. The minimum atomic E-state index is -3.16. The van der Waals surface area contributed by atoms with Crippen LogP contribution in [-0.2, 0) is 30.6 Å². The molecule has 142 valence electrons. The number of ether oxygens (including phenoxy) is 1. The fourth-order valence-electron chi connectivity index (χ4n) is 3.76. The molecule has 0 bridgehead atoms. The normalized spacial score (nSPS) is 23.7. The van der Waals surface area contributed by atoms with Gasteiger partial charge in [0.25, 0.3) is 0 Å². The highest BCUT2D eigenvalue weighted by atomic mass is 32.2. The zero-order valence-electron chi connectivity index (χ0n) is 15.1. The first-order valence-corrected chi connectivity index (χ1v) is 10.6. The molecule has 2 aliphatic rings. The Labute approximate surface area is 153 Å². The van der Waals surface area contributed by atoms with Gasteiger partial charge in [0, 0.05) is 31.4 Å². The van der Waals surface area contributed by atoms with Gasteiger partial charge in [0.1, 0.15) is 0 Å². The lowest BCUT2D eigenvalue weighted by Gasteiger charge is -2.30. The minimum absolute atomic E-state index is 0.0472. The van der Waals surface area contributed by atoms with Crippen LogP contribution in [-0.4, -0.2) is 69.0 Å². The quantitative estimate of drug-likeness (QED) is 0.716. The van der Waals surface area contributed by atoms with Gasteiger partial charge in [-0.15, -0.1) is 0 Å². The predicted molar refractivity (Wildman–Crippen MR) is 97.7 cm³/mol. The first-order chi connectivity index (χ1) is 12.3. The van der Waals surface area contributed by atoms with Gasteiger partial charge in [-0.2, -0.15) is 0 Å². The van der Waals surface area contributed by atoms with E-state index >= 15 is 0 Å². The van der Waals surface area contributed by atoms with E-state index in [1.807, 2.05) is 31.2 Å². The second-order valence-electron chi connectivity index (χ2n) is 6.91. The molecule has 0 spiro atoms. The Morgan fingerprint density at radius 3 is 2.69 bits per heavy atom. The van der Waals surface area contributed by atoms with Gasteiger partial charge in [0.05, 0.1) is 18.1 Å². The summed E-state index contributed by atoms with van der Waals surface area (Å²) < 4.78 is 28.7. The summed E-state index contributed by atoms with van der Waals surface area (Å²) in [5, 5.41) is 0. The molecule has 1 fully saturated rings. The van der Waals surface area contributed by atoms with Crippen molar-refractivity contribution in [1.29, 1.82) is 0 Å². The van der Waals surface area contributed by atoms with Gasteiger partial charge >= 0.3 is 11.8 Å². The molecule has 2 aliphatic heterocycles. The van der Waals surface area contributed by atoms with E-state index in [0.29, 0.717) is 12.8 Å². The van der Waals surface area contributed by atoms with Crippen molar-refractivity contribution >= 4 is 27.3 Å². The molecule has 7 nitrogen and oxygen atoms in total. The van der Waals surface area contributed by atoms with Crippen LogP contribution >= 0.6 is 0 Å². The average Bonchev–Trinajstić information content (AvgIpc) is 3.12. The van der Waals surface area contributed by atoms with Crippen LogP contribution in [0.1, 0.15) is 18.9 Å². The van der Waals surface area contributed by atoms with E-state index in [0.717, 1.165) is 11.3 Å². The third-order valence-corrected chi connectivity index (χ3v) is 6.81. The van der Waals surface area contributed by atoms with Crippen molar-refractivity contribution in [2.75, 3.05) is 36.7 Å². The second-order valence-corrected chi connectivity index (χ2v) is 9.13. The monoisotopic (exact) mass is 380 g/mol. The smallest absolute Gasteiger partial charge is 0.316 e. The number of hydrogen-bond acceptors (Lipinski definition) is 5. The predicted octanol–water partition coefficient (Wildman–Crippen LogP) is 0.626. The van der Waals surface area contributed by atoms with Gasteiger partial charge in [0.15, 0.2) is 9.84 Å². The number of rotatable bonds is 4. The maximum Gasteiger partial charge on any atom is 0.316 e. The van der Waals surface area contributed by atoms with Crippen molar-refractivity contribution in [3.63, 3.8) is 0 Å². The van der Waals surface area contributed by atoms with Crippen molar-refractivity contribution in [3.05, 3.63) is 29.8 Å². The summed E-state index contributed by atoms with van der Waals surface area (Å²) in [6.07, 6.45) is 1.06. The maximum absolute atomic E-state index is 13.0. The second kappa shape index (κ2) is 7.36. The van der Waals surface area contributed by atoms with Crippen molar-refractivity contribution in [3.8, 4) is 0 Å². The highest BCUT2D eigenvalue weighted by molar-refractivity contribution is 7.91. The molecule has 0 radical (unpaired) electrons. The van der Waals surface area contributed by atoms with Crippen LogP contribution in [0.15, 0.2) is 24.3 Å². The first kappa shape index (κ1) is 18.8. The number of para-hydroxylation sites is 1. The molecule has 3 rings (SSSR count). The third-order valence-electron chi connectivity index (χ3n) is 5.06. The van der Waals surface area contributed by atoms with Crippen molar-refractivity contribution in [2.24, 2.45) is 0 Å². The summed E-state index contributed by atoms with van der Waals surface area (Å²) in [6, 6.07) is 6.96. The molecule has 1 aromatic carbocycles. The van der Waals surface area contributed by atoms with E-state index in [9.17, 15) is 18.0 Å². The number of carbonyl (C=O) groups excluding carboxylic acids is 2. The summed E-state index contributed by atoms with van der Waals surface area (Å²) in [7, 11) is -1.65. The Morgan fingerprint density at radius 1 is 1.31 bits per heavy atom. The average molecular weight is 380 g/mol. The number of fused-ring (bicyclic) bond motifs is 1. The van der Waals surface area contributed by atoms with Crippen molar-refractivity contribution in [1.82, 2.24) is 4.90 Å². The Bertz CT molecular complexity index is 808. The first-order valence-electron chi connectivity index (χ1n) is 8.75. The number of carbonyl (C=O) groups is 2. The number of anilines is 1. The van der Waals surface area contributed by atoms with Gasteiger partial charge in [-0.3, -0.25) is 9.59 Å². The molecule has 1 aromatic rings. The molecule has 0 aromatic heterocycles. The number of nitrogens with zero attached hydrogens (tertiary/aromatic N) is 2. The lowest BCUT2D eigenvalue weighted by atomic mass is 10.1. The van der Waals surface area contributed by atoms with Gasteiger partial charge in [0.2, 0.25) is 0 Å². The van der Waals surface area contributed by atoms with Crippen LogP contribution in [0, 0.1) is 0 Å². The minimum Gasteiger partial charge on any atom is -0.383 e. The number of methoxy groups -OCH3 is 1. The van der Waals surface area contributed by atoms with Gasteiger partial charge in [-0.05, 0) is 31.4 Å². The van der Waals surface area contributed by atoms with Crippen molar-refractivity contribution < 1.29 is 22.7 Å². The lowest BCUT2D eigenvalue weighted by molar-refractivity contribution is -0.146. The van der Waals surface area contributed by atoms with E-state index in [2.05, 4.69) is 0 Å². The van der Waals surface area contributed by atoms with Crippen LogP contribution in [0.25, 0.3) is 0 Å². The summed E-state index contributed by atoms with van der Waals surface area (Å²) in [4.78, 5) is 28.9. The van der Waals surface area contributed by atoms with Gasteiger partial charge in [-0.1, -0.05) is 18.2 Å².